The van der Waals surface area contributed by atoms with E-state index in [1.807, 2.05) is 0 Å². The molecule has 0 radical (unpaired) electrons. The average molecular weight is 882 g/mol. The molecule has 0 saturated carbocycles. The molecule has 0 aromatic carbocycles. The van der Waals surface area contributed by atoms with E-state index in [9.17, 15) is 4.57 Å². The standard InChI is InChI=1S/C57H117O3P/c1-4-7-10-13-16-17-18-19-20-21-22-23-24-25-26-27-28-29-30-31-32-33-34-35-36-37-38-39-40-41-42-43-44-45-46-47-48-50-53-56-60-61(58,57-54-51-15-12-9-6-3)59-55-52-49-14-11-8-5-2/h4-57H2,1-3H3. The molecule has 368 valence electrons. The normalized spacial score (nSPS) is 12.8. The third kappa shape index (κ3) is 52.7. The maximum absolute atomic E-state index is 13.5. The van der Waals surface area contributed by atoms with Crippen LogP contribution in [-0.4, -0.2) is 19.4 Å². The van der Waals surface area contributed by atoms with Gasteiger partial charge in [-0.3, -0.25) is 4.57 Å². The zero-order valence-electron chi connectivity index (χ0n) is 42.9. The molecule has 0 rings (SSSR count). The Kier molecular flexibility index (Phi) is 54.6. The molecule has 0 spiro atoms. The van der Waals surface area contributed by atoms with Crippen LogP contribution in [0.3, 0.4) is 0 Å². The maximum Gasteiger partial charge on any atom is 0.330 e. The minimum atomic E-state index is -2.94. The molecule has 1 unspecified atom stereocenters. The summed E-state index contributed by atoms with van der Waals surface area (Å²) in [6.45, 7) is 8.02. The van der Waals surface area contributed by atoms with Crippen molar-refractivity contribution >= 4 is 7.60 Å². The molecular weight excluding hydrogens is 764 g/mol. The summed E-state index contributed by atoms with van der Waals surface area (Å²) in [5.74, 6) is 0. The minimum absolute atomic E-state index is 0.596. The lowest BCUT2D eigenvalue weighted by Gasteiger charge is -2.19. The van der Waals surface area contributed by atoms with Crippen LogP contribution >= 0.6 is 7.60 Å². The predicted molar refractivity (Wildman–Crippen MR) is 277 cm³/mol. The second-order valence-electron chi connectivity index (χ2n) is 20.0. The first kappa shape index (κ1) is 61.1. The van der Waals surface area contributed by atoms with Gasteiger partial charge in [0.2, 0.25) is 0 Å². The van der Waals surface area contributed by atoms with E-state index in [1.165, 1.54) is 302 Å². The van der Waals surface area contributed by atoms with E-state index in [2.05, 4.69) is 20.8 Å². The molecule has 0 aliphatic carbocycles. The lowest BCUT2D eigenvalue weighted by molar-refractivity contribution is 0.197. The van der Waals surface area contributed by atoms with Gasteiger partial charge < -0.3 is 9.05 Å². The molecule has 1 atom stereocenters. The van der Waals surface area contributed by atoms with Gasteiger partial charge in [0.15, 0.2) is 0 Å². The Morgan fingerprint density at radius 1 is 0.213 bits per heavy atom. The molecule has 0 fully saturated rings. The molecule has 0 saturated heterocycles. The highest BCUT2D eigenvalue weighted by Crippen LogP contribution is 2.49. The topological polar surface area (TPSA) is 35.5 Å². The largest absolute Gasteiger partial charge is 0.330 e. The Bertz CT molecular complexity index is 816. The molecule has 0 bridgehead atoms. The number of unbranched alkanes of at least 4 members (excludes halogenated alkanes) is 48. The molecule has 0 aromatic rings. The molecular formula is C57H117O3P. The van der Waals surface area contributed by atoms with Crippen molar-refractivity contribution in [2.24, 2.45) is 0 Å². The van der Waals surface area contributed by atoms with Crippen molar-refractivity contribution in [3.63, 3.8) is 0 Å². The average Bonchev–Trinajstić information content (AvgIpc) is 3.26. The molecule has 0 aliphatic rings. The second kappa shape index (κ2) is 54.5. The van der Waals surface area contributed by atoms with E-state index in [-0.39, 0.29) is 0 Å². The number of rotatable bonds is 56. The van der Waals surface area contributed by atoms with E-state index < -0.39 is 7.60 Å². The predicted octanol–water partition coefficient (Wildman–Crippen LogP) is 22.2. The van der Waals surface area contributed by atoms with Gasteiger partial charge in [-0.1, -0.05) is 329 Å². The van der Waals surface area contributed by atoms with Crippen LogP contribution in [0.4, 0.5) is 0 Å². The van der Waals surface area contributed by atoms with Crippen molar-refractivity contribution in [1.29, 1.82) is 0 Å². The number of hydrogen-bond acceptors (Lipinski definition) is 3. The van der Waals surface area contributed by atoms with Crippen molar-refractivity contribution in [2.45, 2.75) is 348 Å². The molecule has 0 N–H and O–H groups in total. The van der Waals surface area contributed by atoms with Gasteiger partial charge in [0, 0.05) is 0 Å². The van der Waals surface area contributed by atoms with Crippen LogP contribution in [0.15, 0.2) is 0 Å². The fourth-order valence-corrected chi connectivity index (χ4v) is 11.0. The van der Waals surface area contributed by atoms with E-state index in [0.29, 0.717) is 19.4 Å². The first-order valence-corrected chi connectivity index (χ1v) is 30.8. The summed E-state index contributed by atoms with van der Waals surface area (Å²) < 4.78 is 25.5. The van der Waals surface area contributed by atoms with Gasteiger partial charge in [-0.2, -0.15) is 0 Å². The Morgan fingerprint density at radius 3 is 0.541 bits per heavy atom. The molecule has 3 nitrogen and oxygen atoms in total. The van der Waals surface area contributed by atoms with E-state index >= 15 is 0 Å². The van der Waals surface area contributed by atoms with Crippen molar-refractivity contribution in [3.8, 4) is 0 Å². The summed E-state index contributed by atoms with van der Waals surface area (Å²) in [5, 5.41) is 0. The Morgan fingerprint density at radius 2 is 0.361 bits per heavy atom. The molecule has 0 amide bonds. The second-order valence-corrected chi connectivity index (χ2v) is 22.2. The molecule has 0 heterocycles. The van der Waals surface area contributed by atoms with Gasteiger partial charge in [0.05, 0.1) is 19.4 Å². The summed E-state index contributed by atoms with van der Waals surface area (Å²) >= 11 is 0. The number of hydrogen-bond donors (Lipinski definition) is 0. The highest BCUT2D eigenvalue weighted by atomic mass is 31.2. The van der Waals surface area contributed by atoms with Crippen LogP contribution in [0, 0.1) is 0 Å². The first-order valence-electron chi connectivity index (χ1n) is 29.1. The van der Waals surface area contributed by atoms with Crippen LogP contribution in [-0.2, 0) is 13.6 Å². The first-order chi connectivity index (χ1) is 30.2. The SMILES string of the molecule is CCCCCCCCCCCCCCCCCCCCCCCCCCCCCCCCCCCCCCCCCOP(=O)(CCCCCCCC)OCCCCCCCC. The molecule has 0 aliphatic heterocycles. The lowest BCUT2D eigenvalue weighted by atomic mass is 10.0. The fourth-order valence-electron chi connectivity index (χ4n) is 9.26. The summed E-state index contributed by atoms with van der Waals surface area (Å²) in [7, 11) is -2.94. The van der Waals surface area contributed by atoms with Crippen molar-refractivity contribution in [1.82, 2.24) is 0 Å². The van der Waals surface area contributed by atoms with Gasteiger partial charge in [-0.15, -0.1) is 0 Å². The van der Waals surface area contributed by atoms with Gasteiger partial charge in [0.1, 0.15) is 0 Å². The van der Waals surface area contributed by atoms with Crippen LogP contribution in [0.2, 0.25) is 0 Å². The Balaban J connectivity index is 3.40. The van der Waals surface area contributed by atoms with E-state index in [1.54, 1.807) is 0 Å². The van der Waals surface area contributed by atoms with Crippen molar-refractivity contribution < 1.29 is 13.6 Å². The monoisotopic (exact) mass is 881 g/mol. The van der Waals surface area contributed by atoms with E-state index in [4.69, 9.17) is 9.05 Å². The highest BCUT2D eigenvalue weighted by Gasteiger charge is 2.23. The summed E-state index contributed by atoms with van der Waals surface area (Å²) in [5.41, 5.74) is 0. The maximum atomic E-state index is 13.5. The Hall–Kier alpha value is 0.150. The smallest absolute Gasteiger partial charge is 0.309 e. The van der Waals surface area contributed by atoms with Crippen LogP contribution < -0.4 is 0 Å². The molecule has 4 heteroatoms. The van der Waals surface area contributed by atoms with Crippen LogP contribution in [0.5, 0.6) is 0 Å². The summed E-state index contributed by atoms with van der Waals surface area (Å²) in [6, 6.07) is 0. The van der Waals surface area contributed by atoms with Gasteiger partial charge in [-0.25, -0.2) is 0 Å². The van der Waals surface area contributed by atoms with Gasteiger partial charge >= 0.3 is 7.60 Å². The lowest BCUT2D eigenvalue weighted by Crippen LogP contribution is -2.04. The van der Waals surface area contributed by atoms with Crippen LogP contribution in [0.25, 0.3) is 0 Å². The highest BCUT2D eigenvalue weighted by molar-refractivity contribution is 7.53. The molecule has 0 aromatic heterocycles. The van der Waals surface area contributed by atoms with Gasteiger partial charge in [-0.05, 0) is 19.3 Å². The van der Waals surface area contributed by atoms with E-state index in [0.717, 1.165) is 25.7 Å². The third-order valence-corrected chi connectivity index (χ3v) is 15.6. The third-order valence-electron chi connectivity index (χ3n) is 13.6. The van der Waals surface area contributed by atoms with Gasteiger partial charge in [0.25, 0.3) is 0 Å². The quantitative estimate of drug-likeness (QED) is 0.0451. The molecule has 61 heavy (non-hydrogen) atoms. The Labute approximate surface area is 387 Å². The minimum Gasteiger partial charge on any atom is -0.309 e. The van der Waals surface area contributed by atoms with Crippen molar-refractivity contribution in [3.05, 3.63) is 0 Å². The summed E-state index contributed by atoms with van der Waals surface area (Å²) in [4.78, 5) is 0. The van der Waals surface area contributed by atoms with Crippen LogP contribution in [0.1, 0.15) is 348 Å². The summed E-state index contributed by atoms with van der Waals surface area (Å²) in [6.07, 6.45) is 71.3. The van der Waals surface area contributed by atoms with Crippen molar-refractivity contribution in [2.75, 3.05) is 19.4 Å². The zero-order chi connectivity index (χ0) is 44.1. The zero-order valence-corrected chi connectivity index (χ0v) is 43.8. The fraction of sp³-hybridized carbons (Fsp3) is 1.00.